The second-order valence-corrected chi connectivity index (χ2v) is 8.69. The Morgan fingerprint density at radius 3 is 2.44 bits per heavy atom. The summed E-state index contributed by atoms with van der Waals surface area (Å²) in [4.78, 5) is 33.4. The van der Waals surface area contributed by atoms with Crippen molar-refractivity contribution in [2.45, 2.75) is 46.0 Å². The van der Waals surface area contributed by atoms with Crippen LogP contribution in [0.15, 0.2) is 48.7 Å². The molecule has 6 heteroatoms. The van der Waals surface area contributed by atoms with Gasteiger partial charge in [-0.05, 0) is 42.9 Å². The number of aryl methyl sites for hydroxylation is 1. The molecule has 0 saturated carbocycles. The standard InChI is InChI=1S/C26H36N4O2/c1-3-21(2)19-25(31)30-17-15-29(16-18-30)24-13-12-23(20-28-24)26(32)27-14-8-7-11-22-9-5-4-6-10-22/h4-6,9-10,12-13,20-21H,3,7-8,11,14-19H2,1-2H3,(H,27,32). The third-order valence-corrected chi connectivity index (χ3v) is 6.21. The first-order valence-corrected chi connectivity index (χ1v) is 11.9. The Morgan fingerprint density at radius 2 is 1.78 bits per heavy atom. The highest BCUT2D eigenvalue weighted by atomic mass is 16.2. The molecule has 2 amide bonds. The molecular formula is C26H36N4O2. The highest BCUT2D eigenvalue weighted by molar-refractivity contribution is 5.94. The highest BCUT2D eigenvalue weighted by Gasteiger charge is 2.22. The van der Waals surface area contributed by atoms with Crippen LogP contribution in [0.25, 0.3) is 0 Å². The van der Waals surface area contributed by atoms with Crippen LogP contribution in [0.1, 0.15) is 55.5 Å². The molecular weight excluding hydrogens is 400 g/mol. The van der Waals surface area contributed by atoms with Gasteiger partial charge in [0.2, 0.25) is 5.91 Å². The van der Waals surface area contributed by atoms with E-state index in [2.05, 4.69) is 53.3 Å². The molecule has 32 heavy (non-hydrogen) atoms. The number of anilines is 1. The SMILES string of the molecule is CCC(C)CC(=O)N1CCN(c2ccc(C(=O)NCCCCc3ccccc3)cn2)CC1. The van der Waals surface area contributed by atoms with Crippen molar-refractivity contribution in [1.29, 1.82) is 0 Å². The maximum absolute atomic E-state index is 12.4. The predicted octanol–water partition coefficient (Wildman–Crippen LogP) is 3.92. The van der Waals surface area contributed by atoms with Crippen LogP contribution in [0, 0.1) is 5.92 Å². The molecule has 1 atom stereocenters. The Morgan fingerprint density at radius 1 is 1.03 bits per heavy atom. The molecule has 1 fully saturated rings. The van der Waals surface area contributed by atoms with Crippen molar-refractivity contribution in [1.82, 2.24) is 15.2 Å². The number of nitrogens with zero attached hydrogens (tertiary/aromatic N) is 3. The molecule has 0 spiro atoms. The Balaban J connectivity index is 1.38. The number of rotatable bonds is 10. The van der Waals surface area contributed by atoms with Crippen molar-refractivity contribution in [3.8, 4) is 0 Å². The van der Waals surface area contributed by atoms with E-state index in [1.165, 1.54) is 5.56 Å². The van der Waals surface area contributed by atoms with Crippen LogP contribution in [0.5, 0.6) is 0 Å². The number of piperazine rings is 1. The third-order valence-electron chi connectivity index (χ3n) is 6.21. The van der Waals surface area contributed by atoms with Crippen LogP contribution < -0.4 is 10.2 Å². The normalized spacial score (nSPS) is 14.8. The molecule has 1 aromatic carbocycles. The molecule has 0 bridgehead atoms. The van der Waals surface area contributed by atoms with E-state index < -0.39 is 0 Å². The number of unbranched alkanes of at least 4 members (excludes halogenated alkanes) is 1. The van der Waals surface area contributed by atoms with Crippen LogP contribution in [-0.2, 0) is 11.2 Å². The predicted molar refractivity (Wildman–Crippen MR) is 129 cm³/mol. The van der Waals surface area contributed by atoms with E-state index in [-0.39, 0.29) is 11.8 Å². The highest BCUT2D eigenvalue weighted by Crippen LogP contribution is 2.16. The minimum atomic E-state index is -0.0794. The van der Waals surface area contributed by atoms with Gasteiger partial charge in [-0.15, -0.1) is 0 Å². The molecule has 1 saturated heterocycles. The van der Waals surface area contributed by atoms with Crippen molar-refractivity contribution in [3.05, 3.63) is 59.8 Å². The summed E-state index contributed by atoms with van der Waals surface area (Å²) in [6, 6.07) is 14.2. The topological polar surface area (TPSA) is 65.5 Å². The van der Waals surface area contributed by atoms with Crippen molar-refractivity contribution >= 4 is 17.6 Å². The van der Waals surface area contributed by atoms with Crippen LogP contribution in [0.4, 0.5) is 5.82 Å². The number of benzene rings is 1. The molecule has 0 aliphatic carbocycles. The van der Waals surface area contributed by atoms with Crippen molar-refractivity contribution in [2.75, 3.05) is 37.6 Å². The zero-order chi connectivity index (χ0) is 22.8. The summed E-state index contributed by atoms with van der Waals surface area (Å²) in [5.74, 6) is 1.47. The minimum Gasteiger partial charge on any atom is -0.353 e. The van der Waals surface area contributed by atoms with E-state index in [4.69, 9.17) is 0 Å². The summed E-state index contributed by atoms with van der Waals surface area (Å²) in [6.45, 7) is 7.90. The first-order chi connectivity index (χ1) is 15.6. The number of hydrogen-bond acceptors (Lipinski definition) is 4. The van der Waals surface area contributed by atoms with E-state index in [1.54, 1.807) is 6.20 Å². The monoisotopic (exact) mass is 436 g/mol. The molecule has 6 nitrogen and oxygen atoms in total. The molecule has 1 N–H and O–H groups in total. The van der Waals surface area contributed by atoms with E-state index in [1.807, 2.05) is 23.1 Å². The molecule has 172 valence electrons. The lowest BCUT2D eigenvalue weighted by molar-refractivity contribution is -0.132. The number of hydrogen-bond donors (Lipinski definition) is 1. The van der Waals surface area contributed by atoms with Gasteiger partial charge in [0.05, 0.1) is 5.56 Å². The number of carbonyl (C=O) groups excluding carboxylic acids is 2. The number of carbonyl (C=O) groups is 2. The summed E-state index contributed by atoms with van der Waals surface area (Å²) in [5, 5.41) is 2.99. The van der Waals surface area contributed by atoms with Crippen LogP contribution in [0.3, 0.4) is 0 Å². The summed E-state index contributed by atoms with van der Waals surface area (Å²) in [5.41, 5.74) is 1.92. The number of amides is 2. The molecule has 3 rings (SSSR count). The Labute approximate surface area is 192 Å². The van der Waals surface area contributed by atoms with Crippen LogP contribution in [0.2, 0.25) is 0 Å². The molecule has 2 heterocycles. The van der Waals surface area contributed by atoms with Crippen molar-refractivity contribution in [2.24, 2.45) is 5.92 Å². The fourth-order valence-corrected chi connectivity index (χ4v) is 3.87. The second kappa shape index (κ2) is 12.2. The quantitative estimate of drug-likeness (QED) is 0.574. The Bertz CT molecular complexity index is 846. The van der Waals surface area contributed by atoms with Crippen molar-refractivity contribution < 1.29 is 9.59 Å². The molecule has 1 aromatic heterocycles. The first kappa shape index (κ1) is 23.8. The maximum atomic E-state index is 12.4. The Hall–Kier alpha value is -2.89. The number of pyridine rings is 1. The van der Waals surface area contributed by atoms with E-state index >= 15 is 0 Å². The summed E-state index contributed by atoms with van der Waals surface area (Å²) >= 11 is 0. The Kier molecular flexibility index (Phi) is 9.08. The lowest BCUT2D eigenvalue weighted by Crippen LogP contribution is -2.49. The fourth-order valence-electron chi connectivity index (χ4n) is 3.87. The van der Waals surface area contributed by atoms with Gasteiger partial charge in [0, 0.05) is 45.3 Å². The number of nitrogens with one attached hydrogen (secondary N) is 1. The zero-order valence-corrected chi connectivity index (χ0v) is 19.4. The van der Waals surface area contributed by atoms with Gasteiger partial charge in [0.1, 0.15) is 5.82 Å². The zero-order valence-electron chi connectivity index (χ0n) is 19.4. The van der Waals surface area contributed by atoms with Gasteiger partial charge in [0.25, 0.3) is 5.91 Å². The van der Waals surface area contributed by atoms with Gasteiger partial charge < -0.3 is 15.1 Å². The van der Waals surface area contributed by atoms with E-state index in [9.17, 15) is 9.59 Å². The molecule has 1 aliphatic heterocycles. The summed E-state index contributed by atoms with van der Waals surface area (Å²) in [6.07, 6.45) is 6.34. The molecule has 1 unspecified atom stereocenters. The average molecular weight is 437 g/mol. The van der Waals surface area contributed by atoms with Gasteiger partial charge in [-0.2, -0.15) is 0 Å². The van der Waals surface area contributed by atoms with Gasteiger partial charge in [0.15, 0.2) is 0 Å². The van der Waals surface area contributed by atoms with Gasteiger partial charge in [-0.3, -0.25) is 9.59 Å². The maximum Gasteiger partial charge on any atom is 0.252 e. The van der Waals surface area contributed by atoms with Gasteiger partial charge in [-0.25, -0.2) is 4.98 Å². The fraction of sp³-hybridized carbons (Fsp3) is 0.500. The lowest BCUT2D eigenvalue weighted by Gasteiger charge is -2.35. The molecule has 0 radical (unpaired) electrons. The lowest BCUT2D eigenvalue weighted by atomic mass is 10.0. The van der Waals surface area contributed by atoms with Gasteiger partial charge in [-0.1, -0.05) is 50.6 Å². The third kappa shape index (κ3) is 7.08. The summed E-state index contributed by atoms with van der Waals surface area (Å²) in [7, 11) is 0. The smallest absolute Gasteiger partial charge is 0.252 e. The summed E-state index contributed by atoms with van der Waals surface area (Å²) < 4.78 is 0. The van der Waals surface area contributed by atoms with Crippen LogP contribution >= 0.6 is 0 Å². The first-order valence-electron chi connectivity index (χ1n) is 11.9. The largest absolute Gasteiger partial charge is 0.353 e. The second-order valence-electron chi connectivity index (χ2n) is 8.69. The van der Waals surface area contributed by atoms with E-state index in [0.29, 0.717) is 24.4 Å². The van der Waals surface area contributed by atoms with E-state index in [0.717, 1.165) is 57.7 Å². The molecule has 2 aromatic rings. The average Bonchev–Trinajstić information content (AvgIpc) is 2.84. The van der Waals surface area contributed by atoms with Crippen LogP contribution in [-0.4, -0.2) is 54.4 Å². The molecule has 1 aliphatic rings. The van der Waals surface area contributed by atoms with Crippen molar-refractivity contribution in [3.63, 3.8) is 0 Å². The number of aromatic nitrogens is 1. The minimum absolute atomic E-state index is 0.0794. The van der Waals surface area contributed by atoms with Gasteiger partial charge >= 0.3 is 0 Å².